The first kappa shape index (κ1) is 23.4. The number of rotatable bonds is 5. The smallest absolute Gasteiger partial charge is 0.164 e. The molecule has 0 aliphatic carbocycles. The van der Waals surface area contributed by atoms with E-state index in [9.17, 15) is 14.3 Å². The highest BCUT2D eigenvalue weighted by Gasteiger charge is 2.35. The average Bonchev–Trinajstić information content (AvgIpc) is 3.33. The molecule has 8 nitrogen and oxygen atoms in total. The summed E-state index contributed by atoms with van der Waals surface area (Å²) in [5.74, 6) is 0.231. The molecule has 2 aromatic heterocycles. The topological polar surface area (TPSA) is 116 Å². The first-order valence-corrected chi connectivity index (χ1v) is 12.0. The molecule has 1 aliphatic heterocycles. The van der Waals surface area contributed by atoms with Crippen molar-refractivity contribution in [3.8, 4) is 22.8 Å². The Hall–Kier alpha value is -5.05. The van der Waals surface area contributed by atoms with E-state index < -0.39 is 17.8 Å². The van der Waals surface area contributed by atoms with E-state index in [2.05, 4.69) is 9.97 Å². The molecule has 5 aromatic rings. The number of aldehydes is 1. The number of ether oxygens (including phenoxy) is 1. The van der Waals surface area contributed by atoms with E-state index in [1.807, 2.05) is 25.1 Å². The number of hydrogen-bond acceptors (Lipinski definition) is 7. The van der Waals surface area contributed by atoms with Crippen LogP contribution in [-0.4, -0.2) is 31.1 Å². The van der Waals surface area contributed by atoms with Crippen molar-refractivity contribution in [2.75, 3.05) is 5.73 Å². The molecular formula is C29H22FN5O3. The SMILES string of the molecule is CC(C1=C(c2cccc(F)c2)C(C=O)c2ccccc2O1)n1nc(-c2ccc(O)cc2)c2c(N)ncnc21. The van der Waals surface area contributed by atoms with E-state index in [1.165, 1.54) is 18.5 Å². The van der Waals surface area contributed by atoms with Crippen molar-refractivity contribution < 1.29 is 19.0 Å². The van der Waals surface area contributed by atoms with E-state index in [-0.39, 0.29) is 11.6 Å². The lowest BCUT2D eigenvalue weighted by Crippen LogP contribution is -2.23. The van der Waals surface area contributed by atoms with Crippen LogP contribution >= 0.6 is 0 Å². The molecule has 0 radical (unpaired) electrons. The van der Waals surface area contributed by atoms with Gasteiger partial charge in [-0.05, 0) is 55.0 Å². The Morgan fingerprint density at radius 1 is 1.05 bits per heavy atom. The highest BCUT2D eigenvalue weighted by Crippen LogP contribution is 2.46. The predicted octanol–water partition coefficient (Wildman–Crippen LogP) is 5.27. The van der Waals surface area contributed by atoms with E-state index in [1.54, 1.807) is 47.1 Å². The number of aromatic nitrogens is 4. The highest BCUT2D eigenvalue weighted by molar-refractivity contribution is 5.98. The fourth-order valence-electron chi connectivity index (χ4n) is 4.94. The summed E-state index contributed by atoms with van der Waals surface area (Å²) >= 11 is 0. The molecule has 2 atom stereocenters. The second-order valence-corrected chi connectivity index (χ2v) is 9.02. The Kier molecular flexibility index (Phi) is 5.60. The van der Waals surface area contributed by atoms with Crippen LogP contribution < -0.4 is 10.5 Å². The van der Waals surface area contributed by atoms with Crippen LogP contribution in [0.5, 0.6) is 11.5 Å². The largest absolute Gasteiger partial charge is 0.508 e. The number of para-hydroxylation sites is 1. The summed E-state index contributed by atoms with van der Waals surface area (Å²) in [7, 11) is 0. The van der Waals surface area contributed by atoms with E-state index in [0.717, 1.165) is 6.29 Å². The lowest BCUT2D eigenvalue weighted by atomic mass is 9.83. The zero-order chi connectivity index (χ0) is 26.4. The number of nitrogens with zero attached hydrogens (tertiary/aromatic N) is 4. The van der Waals surface area contributed by atoms with E-state index >= 15 is 0 Å². The van der Waals surface area contributed by atoms with Crippen molar-refractivity contribution in [3.05, 3.63) is 102 Å². The maximum atomic E-state index is 14.4. The highest BCUT2D eigenvalue weighted by atomic mass is 19.1. The van der Waals surface area contributed by atoms with Gasteiger partial charge in [-0.25, -0.2) is 19.0 Å². The summed E-state index contributed by atoms with van der Waals surface area (Å²) in [6.07, 6.45) is 2.20. The van der Waals surface area contributed by atoms with Crippen molar-refractivity contribution in [2.24, 2.45) is 0 Å². The van der Waals surface area contributed by atoms with Crippen LogP contribution in [0.15, 0.2) is 84.9 Å². The number of carbonyl (C=O) groups excluding carboxylic acids is 1. The van der Waals surface area contributed by atoms with Gasteiger partial charge in [-0.1, -0.05) is 30.3 Å². The number of carbonyl (C=O) groups is 1. The summed E-state index contributed by atoms with van der Waals surface area (Å²) in [5.41, 5.74) is 9.74. The van der Waals surface area contributed by atoms with Crippen molar-refractivity contribution in [1.29, 1.82) is 0 Å². The number of phenolic OH excluding ortho intramolecular Hbond substituents is 1. The summed E-state index contributed by atoms with van der Waals surface area (Å²) in [6, 6.07) is 19.4. The molecule has 0 fully saturated rings. The number of anilines is 1. The Labute approximate surface area is 216 Å². The predicted molar refractivity (Wildman–Crippen MR) is 141 cm³/mol. The third kappa shape index (κ3) is 3.76. The molecule has 0 spiro atoms. The van der Waals surface area contributed by atoms with Crippen LogP contribution in [0.25, 0.3) is 27.9 Å². The van der Waals surface area contributed by atoms with Crippen LogP contribution in [0.3, 0.4) is 0 Å². The van der Waals surface area contributed by atoms with Crippen molar-refractivity contribution in [3.63, 3.8) is 0 Å². The molecule has 38 heavy (non-hydrogen) atoms. The third-order valence-corrected chi connectivity index (χ3v) is 6.73. The van der Waals surface area contributed by atoms with E-state index in [0.29, 0.717) is 50.5 Å². The van der Waals surface area contributed by atoms with Gasteiger partial charge in [0.1, 0.15) is 53.2 Å². The van der Waals surface area contributed by atoms with Crippen LogP contribution in [0.2, 0.25) is 0 Å². The van der Waals surface area contributed by atoms with Crippen LogP contribution in [0.4, 0.5) is 10.2 Å². The summed E-state index contributed by atoms with van der Waals surface area (Å²) < 4.78 is 22.4. The quantitative estimate of drug-likeness (QED) is 0.311. The number of fused-ring (bicyclic) bond motifs is 2. The van der Waals surface area contributed by atoms with Gasteiger partial charge >= 0.3 is 0 Å². The zero-order valence-electron chi connectivity index (χ0n) is 20.2. The average molecular weight is 508 g/mol. The molecule has 3 aromatic carbocycles. The molecule has 0 bridgehead atoms. The van der Waals surface area contributed by atoms with Gasteiger partial charge in [0, 0.05) is 16.7 Å². The first-order chi connectivity index (χ1) is 18.5. The second kappa shape index (κ2) is 9.11. The molecule has 3 heterocycles. The first-order valence-electron chi connectivity index (χ1n) is 12.0. The third-order valence-electron chi connectivity index (χ3n) is 6.73. The molecule has 0 saturated heterocycles. The standard InChI is InChI=1S/C29H22FN5O3/c1-16(35-29-25(28(31)32-15-33-29)26(34-35)17-9-11-20(37)12-10-17)27-24(18-5-4-6-19(30)13-18)22(14-36)21-7-2-3-8-23(21)38-27/h2-16,22,37H,1H3,(H2,31,32,33). The Bertz CT molecular complexity index is 1730. The van der Waals surface area contributed by atoms with Gasteiger partial charge in [-0.2, -0.15) is 5.10 Å². The maximum absolute atomic E-state index is 14.4. The molecule has 188 valence electrons. The second-order valence-electron chi connectivity index (χ2n) is 9.02. The fraction of sp³-hybridized carbons (Fsp3) is 0.103. The molecule has 3 N–H and O–H groups in total. The molecule has 0 saturated carbocycles. The van der Waals surface area contributed by atoms with Gasteiger partial charge in [0.2, 0.25) is 0 Å². The number of phenols is 1. The number of aromatic hydroxyl groups is 1. The van der Waals surface area contributed by atoms with Gasteiger partial charge in [0.25, 0.3) is 0 Å². The van der Waals surface area contributed by atoms with Gasteiger partial charge in [-0.15, -0.1) is 0 Å². The van der Waals surface area contributed by atoms with Crippen LogP contribution in [0, 0.1) is 5.82 Å². The van der Waals surface area contributed by atoms with E-state index in [4.69, 9.17) is 15.6 Å². The normalized spacial score (nSPS) is 15.7. The lowest BCUT2D eigenvalue weighted by molar-refractivity contribution is -0.108. The van der Waals surface area contributed by atoms with Gasteiger partial charge in [-0.3, -0.25) is 0 Å². The minimum atomic E-state index is -0.683. The molecule has 1 aliphatic rings. The number of allylic oxidation sites excluding steroid dienone is 2. The van der Waals surface area contributed by atoms with Crippen LogP contribution in [-0.2, 0) is 4.79 Å². The minimum absolute atomic E-state index is 0.120. The van der Waals surface area contributed by atoms with Crippen molar-refractivity contribution >= 4 is 28.7 Å². The molecule has 6 rings (SSSR count). The Balaban J connectivity index is 1.60. The Morgan fingerprint density at radius 3 is 2.61 bits per heavy atom. The number of benzene rings is 3. The summed E-state index contributed by atoms with van der Waals surface area (Å²) in [6.45, 7) is 1.87. The molecule has 0 amide bonds. The van der Waals surface area contributed by atoms with Crippen molar-refractivity contribution in [2.45, 2.75) is 18.9 Å². The minimum Gasteiger partial charge on any atom is -0.508 e. The molecule has 2 unspecified atom stereocenters. The molecule has 9 heteroatoms. The number of nitrogen functional groups attached to an aromatic ring is 1. The number of halogens is 1. The number of hydrogen-bond donors (Lipinski definition) is 2. The van der Waals surface area contributed by atoms with Gasteiger partial charge in [0.15, 0.2) is 5.65 Å². The van der Waals surface area contributed by atoms with Crippen LogP contribution in [0.1, 0.15) is 30.0 Å². The zero-order valence-corrected chi connectivity index (χ0v) is 20.2. The monoisotopic (exact) mass is 507 g/mol. The van der Waals surface area contributed by atoms with Gasteiger partial charge in [0.05, 0.1) is 11.3 Å². The fourth-order valence-corrected chi connectivity index (χ4v) is 4.94. The molecular weight excluding hydrogens is 485 g/mol. The van der Waals surface area contributed by atoms with Gasteiger partial charge < -0.3 is 20.4 Å². The lowest BCUT2D eigenvalue weighted by Gasteiger charge is -2.31. The summed E-state index contributed by atoms with van der Waals surface area (Å²) in [4.78, 5) is 21.1. The van der Waals surface area contributed by atoms with Crippen molar-refractivity contribution in [1.82, 2.24) is 19.7 Å². The summed E-state index contributed by atoms with van der Waals surface area (Å²) in [5, 5.41) is 15.2. The Morgan fingerprint density at radius 2 is 1.84 bits per heavy atom. The maximum Gasteiger partial charge on any atom is 0.164 e. The number of nitrogens with two attached hydrogens (primary N) is 1.